The lowest BCUT2D eigenvalue weighted by Crippen LogP contribution is -2.47. The highest BCUT2D eigenvalue weighted by molar-refractivity contribution is 5.97. The number of rotatable bonds is 5. The monoisotopic (exact) mass is 359 g/mol. The van der Waals surface area contributed by atoms with Crippen molar-refractivity contribution in [3.05, 3.63) is 23.8 Å². The minimum Gasteiger partial charge on any atom is -0.493 e. The number of amides is 1. The largest absolute Gasteiger partial charge is 0.493 e. The van der Waals surface area contributed by atoms with Crippen molar-refractivity contribution >= 4 is 11.6 Å². The molecule has 0 saturated heterocycles. The first kappa shape index (κ1) is 19.6. The molecular formula is C18H24F3NO3. The third-order valence-corrected chi connectivity index (χ3v) is 4.60. The number of anilines is 1. The van der Waals surface area contributed by atoms with Crippen molar-refractivity contribution in [2.75, 3.05) is 19.0 Å². The van der Waals surface area contributed by atoms with Crippen LogP contribution in [-0.2, 0) is 15.7 Å². The van der Waals surface area contributed by atoms with Gasteiger partial charge in [0.15, 0.2) is 0 Å². The Morgan fingerprint density at radius 1 is 1.40 bits per heavy atom. The van der Waals surface area contributed by atoms with Gasteiger partial charge in [0.05, 0.1) is 12.2 Å². The molecule has 0 radical (unpaired) electrons. The number of methoxy groups -OCH3 is 1. The molecule has 25 heavy (non-hydrogen) atoms. The van der Waals surface area contributed by atoms with Crippen LogP contribution < -0.4 is 10.1 Å². The van der Waals surface area contributed by atoms with Gasteiger partial charge in [0, 0.05) is 12.8 Å². The minimum atomic E-state index is -4.57. The Kier molecular flexibility index (Phi) is 5.98. The molecule has 1 N–H and O–H groups in total. The number of carbonyl (C=O) groups excluding carboxylic acids is 1. The van der Waals surface area contributed by atoms with E-state index < -0.39 is 23.2 Å². The van der Waals surface area contributed by atoms with E-state index in [2.05, 4.69) is 5.32 Å². The van der Waals surface area contributed by atoms with Crippen molar-refractivity contribution < 1.29 is 27.4 Å². The molecule has 2 atom stereocenters. The van der Waals surface area contributed by atoms with Gasteiger partial charge in [-0.15, -0.1) is 0 Å². The molecule has 0 aliphatic heterocycles. The maximum Gasteiger partial charge on any atom is 0.420 e. The molecule has 0 bridgehead atoms. The van der Waals surface area contributed by atoms with Crippen LogP contribution in [0.15, 0.2) is 18.2 Å². The van der Waals surface area contributed by atoms with Crippen LogP contribution >= 0.6 is 0 Å². The normalized spacial score (nSPS) is 24.0. The maximum atomic E-state index is 13.2. The lowest BCUT2D eigenvalue weighted by atomic mass is 9.78. The third-order valence-electron chi connectivity index (χ3n) is 4.60. The van der Waals surface area contributed by atoms with Crippen LogP contribution in [-0.4, -0.2) is 25.2 Å². The highest BCUT2D eigenvalue weighted by atomic mass is 19.4. The number of hydrogen-bond acceptors (Lipinski definition) is 3. The predicted octanol–water partition coefficient (Wildman–Crippen LogP) is 4.64. The molecular weight excluding hydrogens is 335 g/mol. The summed E-state index contributed by atoms with van der Waals surface area (Å²) in [6.45, 7) is 3.78. The van der Waals surface area contributed by atoms with Crippen LogP contribution in [0.1, 0.15) is 45.1 Å². The number of ether oxygens (including phenoxy) is 2. The number of hydrogen-bond donors (Lipinski definition) is 1. The van der Waals surface area contributed by atoms with Gasteiger partial charge in [-0.3, -0.25) is 4.79 Å². The van der Waals surface area contributed by atoms with Crippen molar-refractivity contribution in [1.82, 2.24) is 0 Å². The average Bonchev–Trinajstić information content (AvgIpc) is 2.55. The number of nitrogens with one attached hydrogen (secondary N) is 1. The fourth-order valence-electron chi connectivity index (χ4n) is 3.34. The zero-order valence-electron chi connectivity index (χ0n) is 14.7. The minimum absolute atomic E-state index is 0.0791. The van der Waals surface area contributed by atoms with Gasteiger partial charge < -0.3 is 14.8 Å². The van der Waals surface area contributed by atoms with Crippen LogP contribution in [0.2, 0.25) is 0 Å². The second kappa shape index (κ2) is 7.64. The molecule has 1 saturated carbocycles. The Hall–Kier alpha value is -1.76. The second-order valence-corrected chi connectivity index (χ2v) is 6.50. The fraction of sp³-hybridized carbons (Fsp3) is 0.611. The summed E-state index contributed by atoms with van der Waals surface area (Å²) in [6, 6.07) is 3.54. The van der Waals surface area contributed by atoms with Crippen molar-refractivity contribution in [3.63, 3.8) is 0 Å². The van der Waals surface area contributed by atoms with Crippen LogP contribution in [0, 0.1) is 5.92 Å². The number of carbonyl (C=O) groups is 1. The summed E-state index contributed by atoms with van der Waals surface area (Å²) in [7, 11) is 1.47. The lowest BCUT2D eigenvalue weighted by molar-refractivity contribution is -0.143. The van der Waals surface area contributed by atoms with Gasteiger partial charge in [0.2, 0.25) is 0 Å². The molecule has 0 unspecified atom stereocenters. The summed E-state index contributed by atoms with van der Waals surface area (Å²) in [5.41, 5.74) is -1.82. The quantitative estimate of drug-likeness (QED) is 0.833. The molecule has 1 aromatic rings. The molecule has 1 fully saturated rings. The van der Waals surface area contributed by atoms with E-state index in [1.165, 1.54) is 19.2 Å². The van der Waals surface area contributed by atoms with E-state index in [1.807, 2.05) is 6.92 Å². The molecule has 0 heterocycles. The van der Waals surface area contributed by atoms with Gasteiger partial charge >= 0.3 is 6.18 Å². The van der Waals surface area contributed by atoms with Gasteiger partial charge in [0.1, 0.15) is 11.4 Å². The van der Waals surface area contributed by atoms with Gasteiger partial charge in [-0.25, -0.2) is 0 Å². The Morgan fingerprint density at radius 2 is 2.12 bits per heavy atom. The van der Waals surface area contributed by atoms with Crippen LogP contribution in [0.25, 0.3) is 0 Å². The molecule has 0 spiro atoms. The van der Waals surface area contributed by atoms with E-state index in [0.29, 0.717) is 18.8 Å². The highest BCUT2D eigenvalue weighted by Gasteiger charge is 2.42. The van der Waals surface area contributed by atoms with Crippen LogP contribution in [0.3, 0.4) is 0 Å². The molecule has 2 rings (SSSR count). The highest BCUT2D eigenvalue weighted by Crippen LogP contribution is 2.39. The Morgan fingerprint density at radius 3 is 2.68 bits per heavy atom. The molecule has 4 nitrogen and oxygen atoms in total. The molecule has 1 aromatic carbocycles. The van der Waals surface area contributed by atoms with E-state index >= 15 is 0 Å². The first-order valence-corrected chi connectivity index (χ1v) is 8.42. The first-order chi connectivity index (χ1) is 11.7. The Bertz CT molecular complexity index is 618. The molecule has 140 valence electrons. The van der Waals surface area contributed by atoms with E-state index in [0.717, 1.165) is 18.9 Å². The van der Waals surface area contributed by atoms with Crippen molar-refractivity contribution in [1.29, 1.82) is 0 Å². The van der Waals surface area contributed by atoms with Crippen molar-refractivity contribution in [2.45, 2.75) is 51.3 Å². The summed E-state index contributed by atoms with van der Waals surface area (Å²) in [5.74, 6) is -0.329. The third kappa shape index (κ3) is 4.45. The van der Waals surface area contributed by atoms with Gasteiger partial charge in [-0.1, -0.05) is 13.3 Å². The maximum absolute atomic E-state index is 13.2. The summed E-state index contributed by atoms with van der Waals surface area (Å²) in [4.78, 5) is 12.7. The van der Waals surface area contributed by atoms with E-state index in [1.54, 1.807) is 6.92 Å². The molecule has 1 amide bonds. The van der Waals surface area contributed by atoms with Crippen LogP contribution in [0.4, 0.5) is 18.9 Å². The Balaban J connectivity index is 2.25. The van der Waals surface area contributed by atoms with E-state index in [9.17, 15) is 18.0 Å². The smallest absolute Gasteiger partial charge is 0.420 e. The second-order valence-electron chi connectivity index (χ2n) is 6.50. The van der Waals surface area contributed by atoms with E-state index in [-0.39, 0.29) is 18.0 Å². The Labute approximate surface area is 145 Å². The summed E-state index contributed by atoms with van der Waals surface area (Å²) >= 11 is 0. The van der Waals surface area contributed by atoms with Gasteiger partial charge in [-0.05, 0) is 50.3 Å². The SMILES string of the molecule is CCOc1ccc(NC(=O)[C@@]2(OC)CCC[C@@H](C)C2)cc1C(F)(F)F. The zero-order chi connectivity index (χ0) is 18.7. The lowest BCUT2D eigenvalue weighted by Gasteiger charge is -2.37. The zero-order valence-corrected chi connectivity index (χ0v) is 14.7. The topological polar surface area (TPSA) is 47.6 Å². The molecule has 1 aliphatic rings. The summed E-state index contributed by atoms with van der Waals surface area (Å²) in [6.07, 6.45) is -1.59. The summed E-state index contributed by atoms with van der Waals surface area (Å²) in [5, 5.41) is 2.59. The standard InChI is InChI=1S/C18H24F3NO3/c1-4-25-15-8-7-13(10-14(15)18(19,20)21)22-16(23)17(24-3)9-5-6-12(2)11-17/h7-8,10,12H,4-6,9,11H2,1-3H3,(H,22,23)/t12-,17-/m1/s1. The number of alkyl halides is 3. The van der Waals surface area contributed by atoms with E-state index in [4.69, 9.17) is 9.47 Å². The summed E-state index contributed by atoms with van der Waals surface area (Å²) < 4.78 is 50.2. The fourth-order valence-corrected chi connectivity index (χ4v) is 3.34. The number of benzene rings is 1. The predicted molar refractivity (Wildman–Crippen MR) is 88.6 cm³/mol. The van der Waals surface area contributed by atoms with Gasteiger partial charge in [0.25, 0.3) is 5.91 Å². The first-order valence-electron chi connectivity index (χ1n) is 8.42. The molecule has 1 aliphatic carbocycles. The number of halogens is 3. The molecule has 0 aromatic heterocycles. The van der Waals surface area contributed by atoms with Gasteiger partial charge in [-0.2, -0.15) is 13.2 Å². The average molecular weight is 359 g/mol. The van der Waals surface area contributed by atoms with Crippen LogP contribution in [0.5, 0.6) is 5.75 Å². The van der Waals surface area contributed by atoms with Crippen molar-refractivity contribution in [2.24, 2.45) is 5.92 Å². The van der Waals surface area contributed by atoms with Crippen molar-refractivity contribution in [3.8, 4) is 5.75 Å². The molecule has 7 heteroatoms.